The minimum Gasteiger partial charge on any atom is -0.480 e. The van der Waals surface area contributed by atoms with Crippen molar-refractivity contribution in [3.05, 3.63) is 35.4 Å². The molecule has 0 unspecified atom stereocenters. The van der Waals surface area contributed by atoms with Gasteiger partial charge in [0.2, 0.25) is 0 Å². The third-order valence-corrected chi connectivity index (χ3v) is 5.18. The van der Waals surface area contributed by atoms with Crippen LogP contribution < -0.4 is 5.32 Å². The van der Waals surface area contributed by atoms with E-state index in [1.165, 1.54) is 4.90 Å². The molecular weight excluding hydrogens is 398 g/mol. The van der Waals surface area contributed by atoms with Gasteiger partial charge in [0.1, 0.15) is 12.1 Å². The zero-order valence-electron chi connectivity index (χ0n) is 19.2. The van der Waals surface area contributed by atoms with Crippen LogP contribution in [-0.4, -0.2) is 58.4 Å². The second kappa shape index (κ2) is 12.1. The number of rotatable bonds is 5. The molecule has 2 amide bonds. The third kappa shape index (κ3) is 7.08. The van der Waals surface area contributed by atoms with Gasteiger partial charge in [0.05, 0.1) is 6.54 Å². The third-order valence-electron chi connectivity index (χ3n) is 5.18. The quantitative estimate of drug-likeness (QED) is 0.605. The Morgan fingerprint density at radius 2 is 1.65 bits per heavy atom. The maximum Gasteiger partial charge on any atom is 0.411 e. The average molecular weight is 434 g/mol. The Hall–Kier alpha value is -2.90. The fourth-order valence-electron chi connectivity index (χ4n) is 3.67. The van der Waals surface area contributed by atoms with Gasteiger partial charge in [-0.2, -0.15) is 0 Å². The number of nitrogens with one attached hydrogen (secondary N) is 2. The zero-order valence-corrected chi connectivity index (χ0v) is 19.2. The van der Waals surface area contributed by atoms with Crippen LogP contribution in [0.2, 0.25) is 0 Å². The van der Waals surface area contributed by atoms with Crippen LogP contribution in [0.5, 0.6) is 0 Å². The summed E-state index contributed by atoms with van der Waals surface area (Å²) >= 11 is 0. The first-order valence-corrected chi connectivity index (χ1v) is 10.9. The highest BCUT2D eigenvalue weighted by molar-refractivity contribution is 5.98. The Bertz CT molecular complexity index is 768. The minimum absolute atomic E-state index is 0.0144. The van der Waals surface area contributed by atoms with Crippen molar-refractivity contribution in [2.45, 2.75) is 71.9 Å². The zero-order chi connectivity index (χ0) is 23.6. The summed E-state index contributed by atoms with van der Waals surface area (Å²) < 4.78 is 5.47. The molecule has 3 N–H and O–H groups in total. The van der Waals surface area contributed by atoms with Crippen LogP contribution in [0, 0.1) is 5.41 Å². The molecule has 2 aliphatic rings. The number of carboxylic acids is 1. The second-order valence-corrected chi connectivity index (χ2v) is 7.25. The Kier molecular flexibility index (Phi) is 10.2. The standard InChI is InChI=1S/C19H23N3O5.2C2H6/c1-12(20)13-2-4-14(5-3-13)17(25)21-15-6-8-19(9-7-15)11-22(10-16(23)24)18(26)27-19;2*1-2/h2-5,15,20H,6-11H2,1H3,(H,21,25)(H,23,24);2*1-2H3. The first kappa shape index (κ1) is 26.1. The van der Waals surface area contributed by atoms with E-state index in [-0.39, 0.29) is 25.0 Å². The SMILES string of the molecule is CC.CC.CC(=N)c1ccc(C(=O)NC2CCC3(CC2)CN(CC(=O)O)C(=O)O3)cc1. The smallest absolute Gasteiger partial charge is 0.411 e. The molecule has 31 heavy (non-hydrogen) atoms. The lowest BCUT2D eigenvalue weighted by molar-refractivity contribution is -0.137. The fourth-order valence-corrected chi connectivity index (χ4v) is 3.67. The summed E-state index contributed by atoms with van der Waals surface area (Å²) in [7, 11) is 0. The number of carbonyl (C=O) groups excluding carboxylic acids is 2. The predicted octanol–water partition coefficient (Wildman–Crippen LogP) is 4.07. The van der Waals surface area contributed by atoms with Gasteiger partial charge in [-0.05, 0) is 50.3 Å². The van der Waals surface area contributed by atoms with Crippen LogP contribution >= 0.6 is 0 Å². The Morgan fingerprint density at radius 3 is 2.13 bits per heavy atom. The Balaban J connectivity index is 0.00000113. The molecule has 3 rings (SSSR count). The van der Waals surface area contributed by atoms with Gasteiger partial charge in [-0.25, -0.2) is 4.79 Å². The lowest BCUT2D eigenvalue weighted by atomic mass is 9.82. The highest BCUT2D eigenvalue weighted by Crippen LogP contribution is 2.37. The molecule has 0 aromatic heterocycles. The molecule has 1 saturated heterocycles. The summed E-state index contributed by atoms with van der Waals surface area (Å²) in [4.78, 5) is 36.3. The first-order valence-electron chi connectivity index (χ1n) is 10.9. The van der Waals surface area contributed by atoms with Crippen LogP contribution in [-0.2, 0) is 9.53 Å². The van der Waals surface area contributed by atoms with Crippen molar-refractivity contribution in [2.75, 3.05) is 13.1 Å². The van der Waals surface area contributed by atoms with Gasteiger partial charge >= 0.3 is 12.1 Å². The van der Waals surface area contributed by atoms with Crippen molar-refractivity contribution in [2.24, 2.45) is 0 Å². The first-order chi connectivity index (χ1) is 14.8. The maximum atomic E-state index is 12.4. The van der Waals surface area contributed by atoms with E-state index in [1.54, 1.807) is 31.2 Å². The molecule has 1 heterocycles. The molecule has 1 aliphatic carbocycles. The summed E-state index contributed by atoms with van der Waals surface area (Å²) in [6.07, 6.45) is 1.92. The van der Waals surface area contributed by atoms with Crippen LogP contribution in [0.1, 0.15) is 76.2 Å². The number of amides is 2. The molecule has 0 bridgehead atoms. The fraction of sp³-hybridized carbons (Fsp3) is 0.565. The van der Waals surface area contributed by atoms with Gasteiger partial charge in [-0.1, -0.05) is 39.8 Å². The minimum atomic E-state index is -1.06. The van der Waals surface area contributed by atoms with Gasteiger partial charge in [0.25, 0.3) is 5.91 Å². The van der Waals surface area contributed by atoms with Gasteiger partial charge < -0.3 is 20.6 Å². The molecule has 1 aromatic carbocycles. The number of carbonyl (C=O) groups is 3. The van der Waals surface area contributed by atoms with Crippen molar-refractivity contribution < 1.29 is 24.2 Å². The van der Waals surface area contributed by atoms with Crippen LogP contribution in [0.4, 0.5) is 4.79 Å². The van der Waals surface area contributed by atoms with Crippen molar-refractivity contribution in [1.29, 1.82) is 5.41 Å². The van der Waals surface area contributed by atoms with Crippen LogP contribution in [0.15, 0.2) is 24.3 Å². The van der Waals surface area contributed by atoms with E-state index < -0.39 is 17.7 Å². The summed E-state index contributed by atoms with van der Waals surface area (Å²) in [6, 6.07) is 6.90. The van der Waals surface area contributed by atoms with Crippen LogP contribution in [0.3, 0.4) is 0 Å². The van der Waals surface area contributed by atoms with E-state index in [9.17, 15) is 14.4 Å². The van der Waals surface area contributed by atoms with Crippen LogP contribution in [0.25, 0.3) is 0 Å². The summed E-state index contributed by atoms with van der Waals surface area (Å²) in [5, 5.41) is 19.5. The van der Waals surface area contributed by atoms with Crippen molar-refractivity contribution in [3.63, 3.8) is 0 Å². The Morgan fingerprint density at radius 1 is 1.13 bits per heavy atom. The number of benzene rings is 1. The maximum absolute atomic E-state index is 12.4. The molecule has 1 spiro atoms. The highest BCUT2D eigenvalue weighted by Gasteiger charge is 2.47. The van der Waals surface area contributed by atoms with Gasteiger partial charge in [0.15, 0.2) is 0 Å². The number of aliphatic carboxylic acids is 1. The number of carboxylic acid groups (broad SMARTS) is 1. The van der Waals surface area contributed by atoms with E-state index >= 15 is 0 Å². The molecule has 8 heteroatoms. The van der Waals surface area contributed by atoms with Crippen molar-refractivity contribution in [3.8, 4) is 0 Å². The normalized spacial score (nSPS) is 21.8. The summed E-state index contributed by atoms with van der Waals surface area (Å²) in [5.74, 6) is -1.23. The molecule has 1 saturated carbocycles. The van der Waals surface area contributed by atoms with Crippen molar-refractivity contribution >= 4 is 23.7 Å². The predicted molar refractivity (Wildman–Crippen MR) is 120 cm³/mol. The average Bonchev–Trinajstić information content (AvgIpc) is 3.06. The Labute approximate surface area is 184 Å². The molecule has 2 fully saturated rings. The molecule has 1 aliphatic heterocycles. The van der Waals surface area contributed by atoms with E-state index in [4.69, 9.17) is 15.3 Å². The summed E-state index contributed by atoms with van der Waals surface area (Å²) in [6.45, 7) is 9.62. The molecule has 8 nitrogen and oxygen atoms in total. The largest absolute Gasteiger partial charge is 0.480 e. The van der Waals surface area contributed by atoms with E-state index in [0.29, 0.717) is 37.0 Å². The highest BCUT2D eigenvalue weighted by atomic mass is 16.6. The lowest BCUT2D eigenvalue weighted by Gasteiger charge is -2.35. The number of nitrogens with zero attached hydrogens (tertiary/aromatic N) is 1. The molecule has 1 aromatic rings. The molecule has 0 radical (unpaired) electrons. The van der Waals surface area contributed by atoms with E-state index in [0.717, 1.165) is 5.56 Å². The topological polar surface area (TPSA) is 120 Å². The van der Waals surface area contributed by atoms with E-state index in [2.05, 4.69) is 5.32 Å². The second-order valence-electron chi connectivity index (χ2n) is 7.25. The lowest BCUT2D eigenvalue weighted by Crippen LogP contribution is -2.45. The monoisotopic (exact) mass is 433 g/mol. The number of ether oxygens (including phenoxy) is 1. The molecular formula is C23H35N3O5. The van der Waals surface area contributed by atoms with Gasteiger partial charge in [-0.15, -0.1) is 0 Å². The van der Waals surface area contributed by atoms with Gasteiger partial charge in [-0.3, -0.25) is 14.5 Å². The molecule has 172 valence electrons. The van der Waals surface area contributed by atoms with Crippen molar-refractivity contribution in [1.82, 2.24) is 10.2 Å². The molecule has 0 atom stereocenters. The number of hydrogen-bond donors (Lipinski definition) is 3. The summed E-state index contributed by atoms with van der Waals surface area (Å²) in [5.41, 5.74) is 1.12. The number of hydrogen-bond acceptors (Lipinski definition) is 5. The van der Waals surface area contributed by atoms with Gasteiger partial charge in [0, 0.05) is 17.3 Å². The van der Waals surface area contributed by atoms with E-state index in [1.807, 2.05) is 27.7 Å².